The number of nitrogens with one attached hydrogen (secondary N) is 2. The number of anilines is 1. The van der Waals surface area contributed by atoms with Gasteiger partial charge in [0.1, 0.15) is 5.75 Å². The Bertz CT molecular complexity index is 971. The van der Waals surface area contributed by atoms with Crippen molar-refractivity contribution in [3.05, 3.63) is 54.1 Å². The number of hydrogen-bond donors (Lipinski definition) is 2. The zero-order valence-corrected chi connectivity index (χ0v) is 18.0. The van der Waals surface area contributed by atoms with Gasteiger partial charge in [-0.05, 0) is 49.2 Å². The molecule has 0 aliphatic carbocycles. The van der Waals surface area contributed by atoms with Crippen molar-refractivity contribution in [2.45, 2.75) is 25.7 Å². The van der Waals surface area contributed by atoms with Crippen molar-refractivity contribution in [1.82, 2.24) is 5.32 Å². The number of rotatable bonds is 10. The fourth-order valence-electron chi connectivity index (χ4n) is 2.41. The van der Waals surface area contributed by atoms with Crippen LogP contribution in [0.15, 0.2) is 53.4 Å². The third-order valence-electron chi connectivity index (χ3n) is 3.88. The maximum absolute atomic E-state index is 12.7. The number of para-hydroxylation sites is 1. The van der Waals surface area contributed by atoms with Crippen LogP contribution < -0.4 is 14.8 Å². The van der Waals surface area contributed by atoms with E-state index in [1.54, 1.807) is 24.3 Å². The first-order chi connectivity index (χ1) is 14.2. The number of benzene rings is 2. The molecule has 0 saturated heterocycles. The summed E-state index contributed by atoms with van der Waals surface area (Å²) >= 11 is 0. The molecule has 0 spiro atoms. The second kappa shape index (κ2) is 10.6. The van der Waals surface area contributed by atoms with E-state index in [0.29, 0.717) is 18.9 Å². The van der Waals surface area contributed by atoms with Crippen molar-refractivity contribution in [2.75, 3.05) is 24.5 Å². The van der Waals surface area contributed by atoms with Gasteiger partial charge in [0, 0.05) is 6.54 Å². The van der Waals surface area contributed by atoms with E-state index in [9.17, 15) is 18.0 Å². The van der Waals surface area contributed by atoms with Crippen LogP contribution >= 0.6 is 0 Å². The van der Waals surface area contributed by atoms with E-state index in [1.165, 1.54) is 24.3 Å². The Hall–Kier alpha value is -3.07. The van der Waals surface area contributed by atoms with Crippen molar-refractivity contribution >= 4 is 27.6 Å². The summed E-state index contributed by atoms with van der Waals surface area (Å²) < 4.78 is 38.1. The first-order valence-electron chi connectivity index (χ1n) is 9.51. The van der Waals surface area contributed by atoms with E-state index in [2.05, 4.69) is 10.0 Å². The Balaban J connectivity index is 2.10. The van der Waals surface area contributed by atoms with Crippen LogP contribution in [0, 0.1) is 5.92 Å². The van der Waals surface area contributed by atoms with Gasteiger partial charge >= 0.3 is 5.97 Å². The van der Waals surface area contributed by atoms with Crippen molar-refractivity contribution < 1.29 is 27.5 Å². The predicted molar refractivity (Wildman–Crippen MR) is 113 cm³/mol. The summed E-state index contributed by atoms with van der Waals surface area (Å²) in [4.78, 5) is 24.2. The Morgan fingerprint density at radius 3 is 2.33 bits per heavy atom. The Labute approximate surface area is 176 Å². The van der Waals surface area contributed by atoms with E-state index < -0.39 is 28.5 Å². The highest BCUT2D eigenvalue weighted by molar-refractivity contribution is 7.92. The van der Waals surface area contributed by atoms with Gasteiger partial charge < -0.3 is 14.8 Å². The molecule has 0 fully saturated rings. The highest BCUT2D eigenvalue weighted by Gasteiger charge is 2.20. The van der Waals surface area contributed by atoms with E-state index in [0.717, 1.165) is 0 Å². The molecule has 0 aliphatic rings. The summed E-state index contributed by atoms with van der Waals surface area (Å²) in [6.07, 6.45) is 0. The van der Waals surface area contributed by atoms with Crippen LogP contribution in [0.5, 0.6) is 5.75 Å². The van der Waals surface area contributed by atoms with Crippen molar-refractivity contribution in [2.24, 2.45) is 5.92 Å². The van der Waals surface area contributed by atoms with Gasteiger partial charge in [0.15, 0.2) is 6.61 Å². The second-order valence-electron chi connectivity index (χ2n) is 6.83. The maximum Gasteiger partial charge on any atom is 0.340 e. The quantitative estimate of drug-likeness (QED) is 0.557. The van der Waals surface area contributed by atoms with Gasteiger partial charge in [0.2, 0.25) is 0 Å². The van der Waals surface area contributed by atoms with Gasteiger partial charge in [0.05, 0.1) is 22.8 Å². The number of carbonyl (C=O) groups excluding carboxylic acids is 2. The maximum atomic E-state index is 12.7. The van der Waals surface area contributed by atoms with Crippen LogP contribution in [0.2, 0.25) is 0 Å². The van der Waals surface area contributed by atoms with Crippen LogP contribution in [0.25, 0.3) is 0 Å². The summed E-state index contributed by atoms with van der Waals surface area (Å²) in [5.74, 6) is -0.414. The van der Waals surface area contributed by atoms with Crippen molar-refractivity contribution in [1.29, 1.82) is 0 Å². The zero-order valence-electron chi connectivity index (χ0n) is 17.2. The number of hydrogen-bond acceptors (Lipinski definition) is 6. The minimum atomic E-state index is -3.94. The number of sulfonamides is 1. The Morgan fingerprint density at radius 1 is 1.03 bits per heavy atom. The highest BCUT2D eigenvalue weighted by atomic mass is 32.2. The predicted octanol–water partition coefficient (Wildman–Crippen LogP) is 2.82. The van der Waals surface area contributed by atoms with Crippen LogP contribution in [0.3, 0.4) is 0 Å². The summed E-state index contributed by atoms with van der Waals surface area (Å²) in [5, 5.41) is 2.64. The molecule has 2 rings (SSSR count). The fourth-order valence-corrected chi connectivity index (χ4v) is 3.49. The lowest BCUT2D eigenvalue weighted by atomic mass is 10.2. The largest absolute Gasteiger partial charge is 0.494 e. The van der Waals surface area contributed by atoms with Crippen molar-refractivity contribution in [3.8, 4) is 5.75 Å². The van der Waals surface area contributed by atoms with Gasteiger partial charge in [-0.1, -0.05) is 26.0 Å². The smallest absolute Gasteiger partial charge is 0.340 e. The average Bonchev–Trinajstić information content (AvgIpc) is 2.71. The lowest BCUT2D eigenvalue weighted by Crippen LogP contribution is -2.31. The van der Waals surface area contributed by atoms with E-state index in [4.69, 9.17) is 9.47 Å². The molecule has 9 heteroatoms. The molecule has 2 aromatic carbocycles. The molecule has 162 valence electrons. The van der Waals surface area contributed by atoms with Crippen LogP contribution in [-0.4, -0.2) is 40.1 Å². The molecule has 0 radical (unpaired) electrons. The topological polar surface area (TPSA) is 111 Å². The standard InChI is InChI=1S/C21H26N2O6S/c1-4-28-16-9-11-17(12-10-16)30(26,27)23-19-8-6-5-7-18(19)21(25)29-14-20(24)22-13-15(2)3/h5-12,15,23H,4,13-14H2,1-3H3,(H,22,24). The minimum Gasteiger partial charge on any atom is -0.494 e. The van der Waals surface area contributed by atoms with Crippen molar-refractivity contribution in [3.63, 3.8) is 0 Å². The summed E-state index contributed by atoms with van der Waals surface area (Å²) in [7, 11) is -3.94. The van der Waals surface area contributed by atoms with Crippen LogP contribution in [-0.2, 0) is 19.6 Å². The molecular formula is C21H26N2O6S. The highest BCUT2D eigenvalue weighted by Crippen LogP contribution is 2.22. The van der Waals surface area contributed by atoms with Gasteiger partial charge in [-0.3, -0.25) is 9.52 Å². The average molecular weight is 435 g/mol. The minimum absolute atomic E-state index is 0.00340. The monoisotopic (exact) mass is 434 g/mol. The molecule has 0 saturated carbocycles. The third kappa shape index (κ3) is 6.77. The van der Waals surface area contributed by atoms with E-state index in [-0.39, 0.29) is 22.1 Å². The SMILES string of the molecule is CCOc1ccc(S(=O)(=O)Nc2ccccc2C(=O)OCC(=O)NCC(C)C)cc1. The second-order valence-corrected chi connectivity index (χ2v) is 8.51. The fraction of sp³-hybridized carbons (Fsp3) is 0.333. The van der Waals surface area contributed by atoms with E-state index >= 15 is 0 Å². The van der Waals surface area contributed by atoms with Gasteiger partial charge in [-0.15, -0.1) is 0 Å². The number of amides is 1. The molecule has 0 aliphatic heterocycles. The Morgan fingerprint density at radius 2 is 1.70 bits per heavy atom. The van der Waals surface area contributed by atoms with Crippen LogP contribution in [0.4, 0.5) is 5.69 Å². The van der Waals surface area contributed by atoms with Gasteiger partial charge in [-0.2, -0.15) is 0 Å². The lowest BCUT2D eigenvalue weighted by Gasteiger charge is -2.13. The van der Waals surface area contributed by atoms with Crippen LogP contribution in [0.1, 0.15) is 31.1 Å². The first-order valence-corrected chi connectivity index (χ1v) is 11.0. The summed E-state index contributed by atoms with van der Waals surface area (Å²) in [5.41, 5.74) is 0.0580. The normalized spacial score (nSPS) is 11.1. The molecule has 0 aromatic heterocycles. The summed E-state index contributed by atoms with van der Waals surface area (Å²) in [6, 6.07) is 11.9. The number of ether oxygens (including phenoxy) is 2. The number of carbonyl (C=O) groups is 2. The number of esters is 1. The molecule has 1 amide bonds. The zero-order chi connectivity index (χ0) is 22.1. The first kappa shape index (κ1) is 23.2. The summed E-state index contributed by atoms with van der Waals surface area (Å²) in [6.45, 7) is 6.20. The molecule has 30 heavy (non-hydrogen) atoms. The molecule has 0 heterocycles. The molecule has 0 unspecified atom stereocenters. The van der Waals surface area contributed by atoms with E-state index in [1.807, 2.05) is 20.8 Å². The lowest BCUT2D eigenvalue weighted by molar-refractivity contribution is -0.124. The molecule has 2 aromatic rings. The molecule has 2 N–H and O–H groups in total. The molecule has 8 nitrogen and oxygen atoms in total. The molecule has 0 atom stereocenters. The Kier molecular flexibility index (Phi) is 8.23. The van der Waals surface area contributed by atoms with Gasteiger partial charge in [-0.25, -0.2) is 13.2 Å². The molecular weight excluding hydrogens is 408 g/mol. The van der Waals surface area contributed by atoms with Gasteiger partial charge in [0.25, 0.3) is 15.9 Å². The third-order valence-corrected chi connectivity index (χ3v) is 5.26. The molecule has 0 bridgehead atoms.